The summed E-state index contributed by atoms with van der Waals surface area (Å²) in [4.78, 5) is 4.29. The van der Waals surface area contributed by atoms with E-state index in [2.05, 4.69) is 63.2 Å². The van der Waals surface area contributed by atoms with Crippen molar-refractivity contribution in [1.82, 2.24) is 20.4 Å². The molecular formula is C20H25N5. The van der Waals surface area contributed by atoms with E-state index in [4.69, 9.17) is 0 Å². The fourth-order valence-corrected chi connectivity index (χ4v) is 2.93. The molecule has 0 unspecified atom stereocenters. The van der Waals surface area contributed by atoms with Crippen molar-refractivity contribution in [3.8, 4) is 0 Å². The largest absolute Gasteiger partial charge is 0.356 e. The number of nitrogens with one attached hydrogen (secondary N) is 2. The number of benzene rings is 2. The van der Waals surface area contributed by atoms with Crippen LogP contribution in [0.1, 0.15) is 12.0 Å². The Balaban J connectivity index is 1.43. The normalized spacial score (nSPS) is 11.6. The molecule has 2 N–H and O–H groups in total. The molecule has 0 aliphatic rings. The monoisotopic (exact) mass is 335 g/mol. The average molecular weight is 335 g/mol. The quantitative estimate of drug-likeness (QED) is 0.397. The van der Waals surface area contributed by atoms with Crippen LogP contribution in [0.25, 0.3) is 10.8 Å². The highest BCUT2D eigenvalue weighted by molar-refractivity contribution is 5.85. The molecule has 0 aliphatic heterocycles. The molecule has 0 saturated heterocycles. The van der Waals surface area contributed by atoms with Crippen LogP contribution in [0.4, 0.5) is 0 Å². The van der Waals surface area contributed by atoms with Crippen LogP contribution < -0.4 is 10.6 Å². The second-order valence-corrected chi connectivity index (χ2v) is 5.94. The lowest BCUT2D eigenvalue weighted by Crippen LogP contribution is -2.39. The molecule has 0 saturated carbocycles. The number of hydrogen-bond donors (Lipinski definition) is 2. The third-order valence-electron chi connectivity index (χ3n) is 4.21. The van der Waals surface area contributed by atoms with Crippen LogP contribution in [0.15, 0.2) is 65.9 Å². The lowest BCUT2D eigenvalue weighted by atomic mass is 10.0. The first-order chi connectivity index (χ1) is 12.4. The van der Waals surface area contributed by atoms with Crippen LogP contribution >= 0.6 is 0 Å². The van der Waals surface area contributed by atoms with Crippen molar-refractivity contribution in [2.45, 2.75) is 19.4 Å². The van der Waals surface area contributed by atoms with Gasteiger partial charge >= 0.3 is 0 Å². The SMILES string of the molecule is CN=C(NCCCn1cccn1)NCCc1cccc2ccccc12. The van der Waals surface area contributed by atoms with Gasteiger partial charge in [-0.2, -0.15) is 5.10 Å². The molecule has 0 fully saturated rings. The Bertz CT molecular complexity index is 803. The molecule has 3 rings (SSSR count). The van der Waals surface area contributed by atoms with E-state index in [1.165, 1.54) is 16.3 Å². The maximum Gasteiger partial charge on any atom is 0.190 e. The third kappa shape index (κ3) is 4.83. The van der Waals surface area contributed by atoms with Crippen molar-refractivity contribution >= 4 is 16.7 Å². The molecule has 0 spiro atoms. The van der Waals surface area contributed by atoms with Crippen molar-refractivity contribution < 1.29 is 0 Å². The molecule has 0 amide bonds. The van der Waals surface area contributed by atoms with E-state index >= 15 is 0 Å². The summed E-state index contributed by atoms with van der Waals surface area (Å²) in [5.41, 5.74) is 1.36. The van der Waals surface area contributed by atoms with Gasteiger partial charge in [-0.3, -0.25) is 9.67 Å². The first kappa shape index (κ1) is 17.0. The van der Waals surface area contributed by atoms with Gasteiger partial charge in [0, 0.05) is 39.1 Å². The molecule has 2 aromatic carbocycles. The van der Waals surface area contributed by atoms with Crippen LogP contribution in [-0.2, 0) is 13.0 Å². The summed E-state index contributed by atoms with van der Waals surface area (Å²) in [5, 5.41) is 13.6. The fourth-order valence-electron chi connectivity index (χ4n) is 2.93. The predicted molar refractivity (Wildman–Crippen MR) is 104 cm³/mol. The van der Waals surface area contributed by atoms with Crippen LogP contribution in [0.3, 0.4) is 0 Å². The second kappa shape index (κ2) is 8.87. The maximum absolute atomic E-state index is 4.29. The Labute approximate surface area is 148 Å². The van der Waals surface area contributed by atoms with E-state index in [0.717, 1.165) is 38.4 Å². The Morgan fingerprint density at radius 3 is 2.72 bits per heavy atom. The van der Waals surface area contributed by atoms with Crippen LogP contribution in [0.2, 0.25) is 0 Å². The molecule has 25 heavy (non-hydrogen) atoms. The van der Waals surface area contributed by atoms with E-state index in [9.17, 15) is 0 Å². The number of fused-ring (bicyclic) bond motifs is 1. The molecule has 0 radical (unpaired) electrons. The summed E-state index contributed by atoms with van der Waals surface area (Å²) >= 11 is 0. The summed E-state index contributed by atoms with van der Waals surface area (Å²) < 4.78 is 1.94. The molecule has 5 heteroatoms. The highest BCUT2D eigenvalue weighted by Gasteiger charge is 2.02. The summed E-state index contributed by atoms with van der Waals surface area (Å²) in [7, 11) is 1.81. The van der Waals surface area contributed by atoms with Gasteiger partial charge < -0.3 is 10.6 Å². The predicted octanol–water partition coefficient (Wildman–Crippen LogP) is 2.83. The van der Waals surface area contributed by atoms with Gasteiger partial charge in [0.2, 0.25) is 0 Å². The van der Waals surface area contributed by atoms with Gasteiger partial charge in [0.05, 0.1) is 0 Å². The number of nitrogens with zero attached hydrogens (tertiary/aromatic N) is 3. The number of aliphatic imine (C=N–C) groups is 1. The molecule has 3 aromatic rings. The molecule has 1 aromatic heterocycles. The summed E-state index contributed by atoms with van der Waals surface area (Å²) in [5.74, 6) is 0.848. The second-order valence-electron chi connectivity index (χ2n) is 5.94. The van der Waals surface area contributed by atoms with Gasteiger partial charge in [-0.15, -0.1) is 0 Å². The van der Waals surface area contributed by atoms with E-state index in [-0.39, 0.29) is 0 Å². The van der Waals surface area contributed by atoms with Gasteiger partial charge in [-0.05, 0) is 35.2 Å². The average Bonchev–Trinajstić information content (AvgIpc) is 3.17. The fraction of sp³-hybridized carbons (Fsp3) is 0.300. The summed E-state index contributed by atoms with van der Waals surface area (Å²) in [6.07, 6.45) is 5.76. The highest BCUT2D eigenvalue weighted by atomic mass is 15.3. The topological polar surface area (TPSA) is 54.2 Å². The lowest BCUT2D eigenvalue weighted by Gasteiger charge is -2.12. The van der Waals surface area contributed by atoms with Gasteiger partial charge in [0.25, 0.3) is 0 Å². The van der Waals surface area contributed by atoms with Crippen molar-refractivity contribution in [2.75, 3.05) is 20.1 Å². The lowest BCUT2D eigenvalue weighted by molar-refractivity contribution is 0.570. The number of hydrogen-bond acceptors (Lipinski definition) is 2. The van der Waals surface area contributed by atoms with Crippen molar-refractivity contribution in [1.29, 1.82) is 0 Å². The first-order valence-corrected chi connectivity index (χ1v) is 8.75. The van der Waals surface area contributed by atoms with E-state index in [1.54, 1.807) is 13.2 Å². The van der Waals surface area contributed by atoms with Crippen LogP contribution in [0.5, 0.6) is 0 Å². The molecule has 0 aliphatic carbocycles. The van der Waals surface area contributed by atoms with Gasteiger partial charge in [-0.1, -0.05) is 42.5 Å². The molecule has 5 nitrogen and oxygen atoms in total. The highest BCUT2D eigenvalue weighted by Crippen LogP contribution is 2.18. The Kier molecular flexibility index (Phi) is 6.04. The molecule has 1 heterocycles. The van der Waals surface area contributed by atoms with Crippen molar-refractivity contribution in [2.24, 2.45) is 4.99 Å². The summed E-state index contributed by atoms with van der Waals surface area (Å²) in [6, 6.07) is 17.0. The van der Waals surface area contributed by atoms with Crippen LogP contribution in [0, 0.1) is 0 Å². The minimum Gasteiger partial charge on any atom is -0.356 e. The van der Waals surface area contributed by atoms with E-state index in [1.807, 2.05) is 16.9 Å². The van der Waals surface area contributed by atoms with Gasteiger partial charge in [-0.25, -0.2) is 0 Å². The molecule has 130 valence electrons. The van der Waals surface area contributed by atoms with Crippen LogP contribution in [-0.4, -0.2) is 35.9 Å². The summed E-state index contributed by atoms with van der Waals surface area (Å²) in [6.45, 7) is 2.63. The maximum atomic E-state index is 4.29. The number of aromatic nitrogens is 2. The zero-order valence-corrected chi connectivity index (χ0v) is 14.7. The zero-order chi connectivity index (χ0) is 17.3. The standard InChI is InChI=1S/C20H25N5/c1-21-20(22-12-5-15-25-16-6-13-24-25)23-14-11-18-9-4-8-17-7-2-3-10-19(17)18/h2-4,6-10,13,16H,5,11-12,14-15H2,1H3,(H2,21,22,23). The van der Waals surface area contributed by atoms with Gasteiger partial charge in [0.1, 0.15) is 0 Å². The van der Waals surface area contributed by atoms with Crippen molar-refractivity contribution in [3.05, 3.63) is 66.5 Å². The minimum absolute atomic E-state index is 0.848. The Morgan fingerprint density at radius 2 is 1.88 bits per heavy atom. The third-order valence-corrected chi connectivity index (χ3v) is 4.21. The van der Waals surface area contributed by atoms with E-state index < -0.39 is 0 Å². The smallest absolute Gasteiger partial charge is 0.190 e. The molecule has 0 bridgehead atoms. The Morgan fingerprint density at radius 1 is 1.04 bits per heavy atom. The molecular weight excluding hydrogens is 310 g/mol. The molecule has 0 atom stereocenters. The first-order valence-electron chi connectivity index (χ1n) is 8.75. The zero-order valence-electron chi connectivity index (χ0n) is 14.7. The van der Waals surface area contributed by atoms with Gasteiger partial charge in [0.15, 0.2) is 5.96 Å². The number of rotatable bonds is 7. The number of aryl methyl sites for hydroxylation is 1. The Hall–Kier alpha value is -2.82. The van der Waals surface area contributed by atoms with Crippen molar-refractivity contribution in [3.63, 3.8) is 0 Å². The number of guanidine groups is 1. The van der Waals surface area contributed by atoms with E-state index in [0.29, 0.717) is 0 Å². The minimum atomic E-state index is 0.848.